The Morgan fingerprint density at radius 2 is 1.70 bits per heavy atom. The van der Waals surface area contributed by atoms with Crippen molar-refractivity contribution < 1.29 is 14.4 Å². The van der Waals surface area contributed by atoms with Crippen molar-refractivity contribution >= 4 is 28.7 Å². The number of carbonyl (C=O) groups is 3. The van der Waals surface area contributed by atoms with Gasteiger partial charge in [0.05, 0.1) is 5.92 Å². The summed E-state index contributed by atoms with van der Waals surface area (Å²) in [5.41, 5.74) is 4.26. The van der Waals surface area contributed by atoms with E-state index in [0.717, 1.165) is 41.3 Å². The number of benzene rings is 2. The Labute approximate surface area is 261 Å². The molecule has 0 bridgehead atoms. The Balaban J connectivity index is 1.40. The number of likely N-dealkylation sites (tertiary alicyclic amines) is 1. The number of likely N-dealkylation sites (N-methyl/N-ethyl adjacent to an activating group) is 2. The molecule has 236 valence electrons. The summed E-state index contributed by atoms with van der Waals surface area (Å²) in [4.78, 5) is 50.0. The summed E-state index contributed by atoms with van der Waals surface area (Å²) in [6.07, 6.45) is 4.31. The fraction of sp³-hybridized carbons (Fsp3) is 0.514. The highest BCUT2D eigenvalue weighted by atomic mass is 16.2. The number of nitrogens with zero attached hydrogens (tertiary/aromatic N) is 3. The molecule has 5 rings (SSSR count). The number of aromatic nitrogens is 1. The predicted octanol–water partition coefficient (Wildman–Crippen LogP) is 4.42. The molecule has 9 heteroatoms. The van der Waals surface area contributed by atoms with Crippen LogP contribution < -0.4 is 10.6 Å². The summed E-state index contributed by atoms with van der Waals surface area (Å²) in [6, 6.07) is 15.4. The van der Waals surface area contributed by atoms with Crippen LogP contribution in [0.2, 0.25) is 0 Å². The van der Waals surface area contributed by atoms with Gasteiger partial charge < -0.3 is 30.3 Å². The first-order valence-electron chi connectivity index (χ1n) is 15.9. The molecular formula is C35H48N6O3. The molecule has 2 heterocycles. The number of fused-ring (bicyclic) bond motifs is 3. The minimum Gasteiger partial charge on any atom is -0.361 e. The van der Waals surface area contributed by atoms with E-state index in [4.69, 9.17) is 0 Å². The highest BCUT2D eigenvalue weighted by Crippen LogP contribution is 2.52. The first kappa shape index (κ1) is 31.6. The van der Waals surface area contributed by atoms with E-state index >= 15 is 0 Å². The topological polar surface area (TPSA) is 101 Å². The van der Waals surface area contributed by atoms with Crippen LogP contribution in [0.15, 0.2) is 54.7 Å². The van der Waals surface area contributed by atoms with Crippen LogP contribution >= 0.6 is 0 Å². The summed E-state index contributed by atoms with van der Waals surface area (Å²) >= 11 is 0. The standard InChI is InChI=1S/C35H48N6O3/c1-23(2)41(20-17-36-4)34(44)38-31(24(3)28-22-37-30-14-10-8-12-26(28)30)33(43)40-18-15-35(16-19-40)21-27(32(42)39(5)6)25-11-7-9-13-29(25)35/h7-14,22-24,27,31,36-37H,15-21H2,1-6H3,(H,38,44). The molecule has 1 aliphatic heterocycles. The maximum atomic E-state index is 14.4. The number of rotatable bonds is 9. The van der Waals surface area contributed by atoms with Gasteiger partial charge in [0.15, 0.2) is 0 Å². The average Bonchev–Trinajstić information content (AvgIpc) is 3.59. The minimum atomic E-state index is -0.731. The number of carbonyl (C=O) groups excluding carboxylic acids is 3. The van der Waals surface area contributed by atoms with E-state index < -0.39 is 6.04 Å². The number of nitrogens with one attached hydrogen (secondary N) is 3. The van der Waals surface area contributed by atoms with E-state index in [1.165, 1.54) is 5.56 Å². The maximum absolute atomic E-state index is 14.4. The zero-order valence-electron chi connectivity index (χ0n) is 27.0. The molecule has 3 aromatic rings. The van der Waals surface area contributed by atoms with Crippen LogP contribution in [0.3, 0.4) is 0 Å². The van der Waals surface area contributed by atoms with Gasteiger partial charge in [-0.25, -0.2) is 4.79 Å². The van der Waals surface area contributed by atoms with Gasteiger partial charge in [-0.1, -0.05) is 49.4 Å². The Bertz CT molecular complexity index is 1490. The van der Waals surface area contributed by atoms with Crippen LogP contribution in [0, 0.1) is 0 Å². The summed E-state index contributed by atoms with van der Waals surface area (Å²) < 4.78 is 0. The molecule has 3 unspecified atom stereocenters. The minimum absolute atomic E-state index is 0.0161. The van der Waals surface area contributed by atoms with Gasteiger partial charge in [0.25, 0.3) is 0 Å². The third-order valence-electron chi connectivity index (χ3n) is 9.92. The van der Waals surface area contributed by atoms with Crippen molar-refractivity contribution in [1.82, 2.24) is 30.3 Å². The quantitative estimate of drug-likeness (QED) is 0.339. The monoisotopic (exact) mass is 600 g/mol. The highest BCUT2D eigenvalue weighted by molar-refractivity contribution is 5.91. The number of para-hydroxylation sites is 1. The first-order chi connectivity index (χ1) is 21.1. The molecule has 44 heavy (non-hydrogen) atoms. The second-order valence-corrected chi connectivity index (χ2v) is 13.1. The molecule has 9 nitrogen and oxygen atoms in total. The third-order valence-corrected chi connectivity index (χ3v) is 9.92. The number of piperidine rings is 1. The number of hydrogen-bond acceptors (Lipinski definition) is 4. The van der Waals surface area contributed by atoms with Crippen molar-refractivity contribution in [2.24, 2.45) is 0 Å². The van der Waals surface area contributed by atoms with Crippen molar-refractivity contribution in [3.63, 3.8) is 0 Å². The highest BCUT2D eigenvalue weighted by Gasteiger charge is 2.49. The van der Waals surface area contributed by atoms with Crippen LogP contribution in [0.1, 0.15) is 68.6 Å². The number of amides is 4. The lowest BCUT2D eigenvalue weighted by Crippen LogP contribution is -2.57. The van der Waals surface area contributed by atoms with Crippen LogP contribution in [0.4, 0.5) is 4.79 Å². The van der Waals surface area contributed by atoms with Crippen molar-refractivity contribution in [2.45, 2.75) is 69.4 Å². The average molecular weight is 601 g/mol. The van der Waals surface area contributed by atoms with Crippen molar-refractivity contribution in [1.29, 1.82) is 0 Å². The molecule has 0 radical (unpaired) electrons. The molecular weight excluding hydrogens is 552 g/mol. The summed E-state index contributed by atoms with van der Waals surface area (Å²) in [6.45, 7) is 8.38. The van der Waals surface area contributed by atoms with E-state index in [9.17, 15) is 14.4 Å². The fourth-order valence-electron chi connectivity index (χ4n) is 7.35. The zero-order chi connectivity index (χ0) is 31.6. The Morgan fingerprint density at radius 3 is 2.39 bits per heavy atom. The second kappa shape index (κ2) is 13.0. The second-order valence-electron chi connectivity index (χ2n) is 13.1. The summed E-state index contributed by atoms with van der Waals surface area (Å²) in [5.74, 6) is -0.338. The molecule has 1 spiro atoms. The van der Waals surface area contributed by atoms with Gasteiger partial charge in [-0.2, -0.15) is 0 Å². The number of hydrogen-bond donors (Lipinski definition) is 3. The molecule has 0 saturated carbocycles. The van der Waals surface area contributed by atoms with E-state index in [1.807, 2.05) is 77.3 Å². The predicted molar refractivity (Wildman–Crippen MR) is 175 cm³/mol. The normalized spacial score (nSPS) is 18.7. The van der Waals surface area contributed by atoms with Gasteiger partial charge in [0.2, 0.25) is 11.8 Å². The maximum Gasteiger partial charge on any atom is 0.318 e. The Morgan fingerprint density at radius 1 is 1.02 bits per heavy atom. The van der Waals surface area contributed by atoms with Gasteiger partial charge >= 0.3 is 6.03 Å². The number of urea groups is 1. The number of H-pyrrole nitrogens is 1. The lowest BCUT2D eigenvalue weighted by Gasteiger charge is -2.42. The fourth-order valence-corrected chi connectivity index (χ4v) is 7.35. The molecule has 1 saturated heterocycles. The summed E-state index contributed by atoms with van der Waals surface area (Å²) in [5, 5.41) is 7.35. The van der Waals surface area contributed by atoms with Crippen LogP contribution in [0.25, 0.3) is 10.9 Å². The van der Waals surface area contributed by atoms with Gasteiger partial charge in [-0.3, -0.25) is 9.59 Å². The largest absolute Gasteiger partial charge is 0.361 e. The first-order valence-corrected chi connectivity index (χ1v) is 15.9. The molecule has 3 N–H and O–H groups in total. The smallest absolute Gasteiger partial charge is 0.318 e. The molecule has 4 amide bonds. The molecule has 1 aromatic heterocycles. The van der Waals surface area contributed by atoms with E-state index in [1.54, 1.807) is 9.80 Å². The van der Waals surface area contributed by atoms with Crippen LogP contribution in [-0.2, 0) is 15.0 Å². The SMILES string of the molecule is CNCCN(C(=O)NC(C(=O)N1CCC2(CC1)CC(C(=O)N(C)C)c1ccccc12)C(C)c1c[nH]c2ccccc12)C(C)C. The van der Waals surface area contributed by atoms with Gasteiger partial charge in [-0.05, 0) is 62.9 Å². The molecule has 1 aliphatic carbocycles. The summed E-state index contributed by atoms with van der Waals surface area (Å²) in [7, 11) is 5.51. The Hall–Kier alpha value is -3.85. The molecule has 2 aromatic carbocycles. The van der Waals surface area contributed by atoms with Gasteiger partial charge in [0, 0.05) is 74.7 Å². The lowest BCUT2D eigenvalue weighted by molar-refractivity contribution is -0.136. The van der Waals surface area contributed by atoms with Gasteiger partial charge in [-0.15, -0.1) is 0 Å². The third kappa shape index (κ3) is 5.94. The lowest BCUT2D eigenvalue weighted by atomic mass is 9.73. The van der Waals surface area contributed by atoms with Crippen molar-refractivity contribution in [3.8, 4) is 0 Å². The zero-order valence-corrected chi connectivity index (χ0v) is 27.0. The molecule has 3 atom stereocenters. The Kier molecular flexibility index (Phi) is 9.34. The van der Waals surface area contributed by atoms with E-state index in [0.29, 0.717) is 26.2 Å². The van der Waals surface area contributed by atoms with E-state index in [-0.39, 0.29) is 41.1 Å². The van der Waals surface area contributed by atoms with E-state index in [2.05, 4.69) is 39.9 Å². The van der Waals surface area contributed by atoms with Crippen LogP contribution in [-0.4, -0.2) is 96.9 Å². The molecule has 2 aliphatic rings. The van der Waals surface area contributed by atoms with Crippen LogP contribution in [0.5, 0.6) is 0 Å². The van der Waals surface area contributed by atoms with Gasteiger partial charge in [0.1, 0.15) is 6.04 Å². The molecule has 1 fully saturated rings. The number of aromatic amines is 1. The van der Waals surface area contributed by atoms with Crippen molar-refractivity contribution in [2.75, 3.05) is 47.3 Å². The van der Waals surface area contributed by atoms with Crippen molar-refractivity contribution in [3.05, 3.63) is 71.4 Å².